The summed E-state index contributed by atoms with van der Waals surface area (Å²) in [5.41, 5.74) is 0.989. The van der Waals surface area contributed by atoms with E-state index in [4.69, 9.17) is 0 Å². The number of carbonyl (C=O) groups is 1. The lowest BCUT2D eigenvalue weighted by Gasteiger charge is -2.15. The Morgan fingerprint density at radius 3 is 2.74 bits per heavy atom. The summed E-state index contributed by atoms with van der Waals surface area (Å²) in [4.78, 5) is 35.6. The van der Waals surface area contributed by atoms with Crippen molar-refractivity contribution in [2.45, 2.75) is 27.3 Å². The van der Waals surface area contributed by atoms with Gasteiger partial charge in [0, 0.05) is 18.8 Å². The van der Waals surface area contributed by atoms with Crippen LogP contribution in [0.15, 0.2) is 29.3 Å². The molecule has 27 heavy (non-hydrogen) atoms. The van der Waals surface area contributed by atoms with Crippen molar-refractivity contribution >= 4 is 38.4 Å². The topological polar surface area (TPSA) is 80.1 Å². The number of nitrogens with one attached hydrogen (secondary N) is 1. The van der Waals surface area contributed by atoms with Crippen molar-refractivity contribution in [1.29, 1.82) is 0 Å². The van der Waals surface area contributed by atoms with E-state index < -0.39 is 5.91 Å². The van der Waals surface area contributed by atoms with Gasteiger partial charge in [-0.2, -0.15) is 4.98 Å². The summed E-state index contributed by atoms with van der Waals surface area (Å²) in [5.74, 6) is -0.731. The maximum atomic E-state index is 13.3. The zero-order chi connectivity index (χ0) is 19.6. The zero-order valence-corrected chi connectivity index (χ0v) is 16.1. The molecule has 0 bridgehead atoms. The van der Waals surface area contributed by atoms with Crippen LogP contribution in [0.3, 0.4) is 0 Å². The number of benzene rings is 1. The highest BCUT2D eigenvalue weighted by molar-refractivity contribution is 7.22. The summed E-state index contributed by atoms with van der Waals surface area (Å²) in [5, 5.41) is 3.40. The number of thiazole rings is 1. The Morgan fingerprint density at radius 2 is 2.07 bits per heavy atom. The minimum absolute atomic E-state index is 0.184. The first kappa shape index (κ1) is 19.0. The molecule has 1 aromatic carbocycles. The highest BCUT2D eigenvalue weighted by Gasteiger charge is 2.15. The number of fused-ring (bicyclic) bond motifs is 1. The lowest BCUT2D eigenvalue weighted by atomic mass is 10.2. The number of rotatable bonds is 6. The van der Waals surface area contributed by atoms with Crippen molar-refractivity contribution in [2.75, 3.05) is 23.3 Å². The number of amides is 1. The largest absolute Gasteiger partial charge is 0.349 e. The van der Waals surface area contributed by atoms with Crippen LogP contribution in [0.25, 0.3) is 10.3 Å². The van der Waals surface area contributed by atoms with Gasteiger partial charge < -0.3 is 10.2 Å². The molecule has 3 rings (SSSR count). The molecule has 1 N–H and O–H groups in total. The van der Waals surface area contributed by atoms with Crippen LogP contribution in [-0.4, -0.2) is 33.5 Å². The van der Waals surface area contributed by atoms with Gasteiger partial charge >= 0.3 is 0 Å². The molecule has 0 atom stereocenters. The van der Waals surface area contributed by atoms with E-state index in [1.165, 1.54) is 40.4 Å². The zero-order valence-electron chi connectivity index (χ0n) is 15.3. The standard InChI is InChI=1S/C18H20FN5O2S/c1-4-23(5-2)18-22-16-15(27-18)17(26)24(10-20-16)9-14(25)21-12-6-7-13(19)11(3)8-12/h6-8,10H,4-5,9H2,1-3H3,(H,21,25). The van der Waals surface area contributed by atoms with Crippen LogP contribution >= 0.6 is 11.3 Å². The van der Waals surface area contributed by atoms with E-state index in [9.17, 15) is 14.0 Å². The van der Waals surface area contributed by atoms with Gasteiger partial charge in [0.1, 0.15) is 23.4 Å². The number of nitrogens with zero attached hydrogens (tertiary/aromatic N) is 4. The first-order chi connectivity index (χ1) is 12.9. The number of halogens is 1. The van der Waals surface area contributed by atoms with E-state index in [2.05, 4.69) is 15.3 Å². The molecule has 0 spiro atoms. The van der Waals surface area contributed by atoms with Gasteiger partial charge in [0.2, 0.25) is 5.91 Å². The Bertz CT molecular complexity index is 1040. The van der Waals surface area contributed by atoms with E-state index >= 15 is 0 Å². The summed E-state index contributed by atoms with van der Waals surface area (Å²) < 4.78 is 15.0. The molecule has 0 fully saturated rings. The maximum absolute atomic E-state index is 13.3. The molecule has 2 heterocycles. The highest BCUT2D eigenvalue weighted by Crippen LogP contribution is 2.24. The first-order valence-electron chi connectivity index (χ1n) is 8.59. The van der Waals surface area contributed by atoms with Crippen LogP contribution in [-0.2, 0) is 11.3 Å². The number of carbonyl (C=O) groups excluding carboxylic acids is 1. The van der Waals surface area contributed by atoms with Crippen molar-refractivity contribution in [3.05, 3.63) is 46.3 Å². The monoisotopic (exact) mass is 389 g/mol. The lowest BCUT2D eigenvalue weighted by Crippen LogP contribution is -2.27. The van der Waals surface area contributed by atoms with Crippen LogP contribution < -0.4 is 15.8 Å². The van der Waals surface area contributed by atoms with Crippen LogP contribution in [0.5, 0.6) is 0 Å². The second-order valence-corrected chi connectivity index (χ2v) is 6.99. The van der Waals surface area contributed by atoms with E-state index in [1.54, 1.807) is 6.92 Å². The van der Waals surface area contributed by atoms with Gasteiger partial charge in [-0.05, 0) is 44.5 Å². The molecule has 7 nitrogen and oxygen atoms in total. The number of hydrogen-bond acceptors (Lipinski definition) is 6. The van der Waals surface area contributed by atoms with Gasteiger partial charge in [-0.15, -0.1) is 0 Å². The van der Waals surface area contributed by atoms with Gasteiger partial charge in [0.05, 0.1) is 0 Å². The lowest BCUT2D eigenvalue weighted by molar-refractivity contribution is -0.116. The summed E-state index contributed by atoms with van der Waals surface area (Å²) in [6.45, 7) is 7.03. The Balaban J connectivity index is 1.82. The number of aryl methyl sites for hydroxylation is 1. The third kappa shape index (κ3) is 3.97. The third-order valence-electron chi connectivity index (χ3n) is 4.16. The summed E-state index contributed by atoms with van der Waals surface area (Å²) in [6.07, 6.45) is 1.33. The number of hydrogen-bond donors (Lipinski definition) is 1. The Kier molecular flexibility index (Phi) is 5.50. The smallest absolute Gasteiger partial charge is 0.273 e. The van der Waals surface area contributed by atoms with Crippen LogP contribution in [0.2, 0.25) is 0 Å². The third-order valence-corrected chi connectivity index (χ3v) is 5.26. The molecular formula is C18H20FN5O2S. The van der Waals surface area contributed by atoms with Crippen molar-refractivity contribution in [2.24, 2.45) is 0 Å². The van der Waals surface area contributed by atoms with E-state index in [-0.39, 0.29) is 17.9 Å². The number of aromatic nitrogens is 3. The average Bonchev–Trinajstić information content (AvgIpc) is 3.06. The van der Waals surface area contributed by atoms with Crippen molar-refractivity contribution in [1.82, 2.24) is 14.5 Å². The predicted octanol–water partition coefficient (Wildman–Crippen LogP) is 2.79. The molecule has 142 valence electrons. The Hall–Kier alpha value is -2.81. The van der Waals surface area contributed by atoms with Crippen molar-refractivity contribution in [3.8, 4) is 0 Å². The second kappa shape index (κ2) is 7.83. The Labute approximate surface area is 159 Å². The van der Waals surface area contributed by atoms with Gasteiger partial charge in [-0.3, -0.25) is 14.2 Å². The van der Waals surface area contributed by atoms with E-state index in [0.29, 0.717) is 21.6 Å². The molecule has 0 aliphatic heterocycles. The molecule has 2 aromatic heterocycles. The van der Waals surface area contributed by atoms with Crippen LogP contribution in [0.1, 0.15) is 19.4 Å². The number of anilines is 2. The van der Waals surface area contributed by atoms with Gasteiger partial charge in [-0.1, -0.05) is 11.3 Å². The minimum Gasteiger partial charge on any atom is -0.349 e. The van der Waals surface area contributed by atoms with E-state index in [0.717, 1.165) is 18.2 Å². The first-order valence-corrected chi connectivity index (χ1v) is 9.41. The molecule has 0 aliphatic rings. The molecule has 0 aliphatic carbocycles. The van der Waals surface area contributed by atoms with E-state index in [1.807, 2.05) is 18.7 Å². The Morgan fingerprint density at radius 1 is 1.33 bits per heavy atom. The van der Waals surface area contributed by atoms with Crippen LogP contribution in [0, 0.1) is 12.7 Å². The fourth-order valence-electron chi connectivity index (χ4n) is 2.65. The summed E-state index contributed by atoms with van der Waals surface area (Å²) in [7, 11) is 0. The quantitative estimate of drug-likeness (QED) is 0.701. The van der Waals surface area contributed by atoms with Gasteiger partial charge in [-0.25, -0.2) is 9.37 Å². The molecular weight excluding hydrogens is 369 g/mol. The maximum Gasteiger partial charge on any atom is 0.273 e. The minimum atomic E-state index is -0.391. The summed E-state index contributed by atoms with van der Waals surface area (Å²) in [6, 6.07) is 4.30. The highest BCUT2D eigenvalue weighted by atomic mass is 32.1. The van der Waals surface area contributed by atoms with Crippen molar-refractivity contribution < 1.29 is 9.18 Å². The molecule has 0 unspecified atom stereocenters. The fraction of sp³-hybridized carbons (Fsp3) is 0.333. The molecule has 0 saturated carbocycles. The van der Waals surface area contributed by atoms with Gasteiger partial charge in [0.15, 0.2) is 10.8 Å². The molecule has 3 aromatic rings. The van der Waals surface area contributed by atoms with Crippen LogP contribution in [0.4, 0.5) is 15.2 Å². The molecule has 0 saturated heterocycles. The molecule has 0 radical (unpaired) electrons. The average molecular weight is 389 g/mol. The van der Waals surface area contributed by atoms with Crippen molar-refractivity contribution in [3.63, 3.8) is 0 Å². The normalized spacial score (nSPS) is 11.0. The summed E-state index contributed by atoms with van der Waals surface area (Å²) >= 11 is 1.28. The SMILES string of the molecule is CCN(CC)c1nc2ncn(CC(=O)Nc3ccc(F)c(C)c3)c(=O)c2s1. The fourth-order valence-corrected chi connectivity index (χ4v) is 3.75. The van der Waals surface area contributed by atoms with Gasteiger partial charge in [0.25, 0.3) is 5.56 Å². The predicted molar refractivity (Wildman–Crippen MR) is 105 cm³/mol. The molecule has 1 amide bonds. The second-order valence-electron chi connectivity index (χ2n) is 6.01. The molecule has 9 heteroatoms.